The van der Waals surface area contributed by atoms with E-state index in [9.17, 15) is 24.2 Å². The second-order valence-corrected chi connectivity index (χ2v) is 15.6. The third kappa shape index (κ3) is 9.67. The van der Waals surface area contributed by atoms with E-state index in [4.69, 9.17) is 28.0 Å². The third-order valence-electron chi connectivity index (χ3n) is 8.98. The van der Waals surface area contributed by atoms with Crippen LogP contribution < -0.4 is 9.61 Å². The molecule has 0 saturated carbocycles. The van der Waals surface area contributed by atoms with Gasteiger partial charge in [-0.2, -0.15) is 15.4 Å². The van der Waals surface area contributed by atoms with Crippen LogP contribution in [-0.4, -0.2) is 119 Å². The Labute approximate surface area is 319 Å². The van der Waals surface area contributed by atoms with Crippen molar-refractivity contribution >= 4 is 43.3 Å². The third-order valence-corrected chi connectivity index (χ3v) is 10.6. The number of carbonyl (C=O) groups excluding carboxylic acids is 3. The summed E-state index contributed by atoms with van der Waals surface area (Å²) >= 11 is 0. The van der Waals surface area contributed by atoms with E-state index in [1.807, 2.05) is 0 Å². The molecule has 2 aromatic heterocycles. The molecular formula is C36H47N8O10P. The number of para-hydroxylation sites is 1. The van der Waals surface area contributed by atoms with Gasteiger partial charge in [0.1, 0.15) is 42.4 Å². The van der Waals surface area contributed by atoms with Gasteiger partial charge in [-0.05, 0) is 38.2 Å². The van der Waals surface area contributed by atoms with Gasteiger partial charge in [-0.25, -0.2) is 19.1 Å². The molecule has 2 fully saturated rings. The number of rotatable bonds is 15. The fourth-order valence-electron chi connectivity index (χ4n) is 5.76. The Morgan fingerprint density at radius 3 is 2.35 bits per heavy atom. The van der Waals surface area contributed by atoms with Crippen LogP contribution in [0.4, 0.5) is 5.82 Å². The summed E-state index contributed by atoms with van der Waals surface area (Å²) in [6, 6.07) is 12.2. The second kappa shape index (κ2) is 17.7. The summed E-state index contributed by atoms with van der Waals surface area (Å²) in [5, 5.41) is 17.9. The first kappa shape index (κ1) is 41.2. The number of esters is 3. The molecule has 18 nitrogen and oxygen atoms in total. The van der Waals surface area contributed by atoms with Crippen molar-refractivity contribution in [2.45, 2.75) is 64.6 Å². The fraction of sp³-hybridized carbons (Fsp3) is 0.528. The summed E-state index contributed by atoms with van der Waals surface area (Å²) < 4.78 is 50.7. The molecule has 0 amide bonds. The highest BCUT2D eigenvalue weighted by Gasteiger charge is 2.62. The van der Waals surface area contributed by atoms with Crippen molar-refractivity contribution in [2.75, 3.05) is 46.9 Å². The quantitative estimate of drug-likeness (QED) is 0.0770. The molecule has 2 aliphatic rings. The lowest BCUT2D eigenvalue weighted by Gasteiger charge is -2.31. The molecule has 5 rings (SSSR count). The van der Waals surface area contributed by atoms with E-state index >= 15 is 0 Å². The maximum Gasteiger partial charge on any atom is 0.459 e. The number of nitriles is 1. The summed E-state index contributed by atoms with van der Waals surface area (Å²) in [6.45, 7) is 10.3. The minimum atomic E-state index is -4.54. The average Bonchev–Trinajstić information content (AvgIpc) is 3.73. The van der Waals surface area contributed by atoms with Gasteiger partial charge in [-0.1, -0.05) is 45.9 Å². The Bertz CT molecular complexity index is 1940. The lowest BCUT2D eigenvalue weighted by atomic mass is 9.95. The number of ether oxygens (including phenoxy) is 4. The van der Waals surface area contributed by atoms with Gasteiger partial charge in [0.2, 0.25) is 5.60 Å². The van der Waals surface area contributed by atoms with Gasteiger partial charge >= 0.3 is 25.7 Å². The zero-order chi connectivity index (χ0) is 39.9. The maximum atomic E-state index is 14.4. The summed E-state index contributed by atoms with van der Waals surface area (Å²) in [5.41, 5.74) is -1.48. The van der Waals surface area contributed by atoms with E-state index in [-0.39, 0.29) is 5.75 Å². The zero-order valence-electron chi connectivity index (χ0n) is 31.9. The highest BCUT2D eigenvalue weighted by Crippen LogP contribution is 2.50. The van der Waals surface area contributed by atoms with Gasteiger partial charge in [0, 0.05) is 26.2 Å². The average molecular weight is 783 g/mol. The molecule has 3 aromatic rings. The van der Waals surface area contributed by atoms with Gasteiger partial charge in [0.05, 0.1) is 31.0 Å². The standard InChI is InChI=1S/C36H47N8O10P/c1-23(2)33(45)51-30-29(27-13-14-28-32(38-21-40-44(27)28)39-22-43-17-15-42(6)16-18-43)53-36(19-37,31(30)52-34(46)24(3)4)20-50-55(48,41-25(5)35(47)49-7)54-26-11-9-8-10-12-26/h8-14,21-25,29-31H,15-18,20H2,1-7H3,(H,41,48)/b39-22+/t25?,29-,30-,31-,36+,55-/m0/s1. The van der Waals surface area contributed by atoms with Crippen LogP contribution >= 0.6 is 7.75 Å². The normalized spacial score (nSPS) is 23.4. The van der Waals surface area contributed by atoms with Crippen LogP contribution in [0.15, 0.2) is 53.8 Å². The van der Waals surface area contributed by atoms with E-state index < -0.39 is 74.1 Å². The molecule has 296 valence electrons. The topological polar surface area (TPSA) is 209 Å². The molecule has 0 radical (unpaired) electrons. The molecule has 4 heterocycles. The predicted octanol–water partition coefficient (Wildman–Crippen LogP) is 3.46. The van der Waals surface area contributed by atoms with E-state index in [1.165, 1.54) is 29.9 Å². The predicted molar refractivity (Wildman–Crippen MR) is 197 cm³/mol. The van der Waals surface area contributed by atoms with Crippen LogP contribution in [0.5, 0.6) is 5.75 Å². The Balaban J connectivity index is 1.56. The van der Waals surface area contributed by atoms with Crippen molar-refractivity contribution in [1.82, 2.24) is 29.5 Å². The Morgan fingerprint density at radius 2 is 1.71 bits per heavy atom. The van der Waals surface area contributed by atoms with E-state index in [1.54, 1.807) is 64.4 Å². The van der Waals surface area contributed by atoms with Crippen molar-refractivity contribution in [1.29, 1.82) is 5.26 Å². The molecule has 55 heavy (non-hydrogen) atoms. The summed E-state index contributed by atoms with van der Waals surface area (Å²) in [4.78, 5) is 52.2. The zero-order valence-corrected chi connectivity index (χ0v) is 32.8. The van der Waals surface area contributed by atoms with Gasteiger partial charge in [-0.3, -0.25) is 18.9 Å². The number of hydrogen-bond donors (Lipinski definition) is 1. The van der Waals surface area contributed by atoms with Crippen molar-refractivity contribution in [2.24, 2.45) is 16.8 Å². The van der Waals surface area contributed by atoms with E-state index in [0.717, 1.165) is 33.3 Å². The number of benzene rings is 1. The minimum absolute atomic E-state index is 0.114. The monoisotopic (exact) mass is 782 g/mol. The number of fused-ring (bicyclic) bond motifs is 1. The number of piperazine rings is 1. The van der Waals surface area contributed by atoms with Gasteiger partial charge in [0.25, 0.3) is 0 Å². The molecule has 0 spiro atoms. The summed E-state index contributed by atoms with van der Waals surface area (Å²) in [7, 11) is -1.32. The van der Waals surface area contributed by atoms with Crippen molar-refractivity contribution in [3.05, 3.63) is 54.5 Å². The number of carbonyl (C=O) groups is 3. The fourth-order valence-corrected chi connectivity index (χ4v) is 7.28. The molecule has 1 aromatic carbocycles. The Morgan fingerprint density at radius 1 is 1.04 bits per heavy atom. The highest BCUT2D eigenvalue weighted by atomic mass is 31.2. The summed E-state index contributed by atoms with van der Waals surface area (Å²) in [6.07, 6.45) is -1.31. The van der Waals surface area contributed by atoms with Gasteiger partial charge in [-0.15, -0.1) is 0 Å². The molecule has 19 heteroatoms. The first-order chi connectivity index (χ1) is 26.2. The lowest BCUT2D eigenvalue weighted by molar-refractivity contribution is -0.173. The first-order valence-electron chi connectivity index (χ1n) is 17.8. The number of hydrogen-bond acceptors (Lipinski definition) is 15. The lowest BCUT2D eigenvalue weighted by Crippen LogP contribution is -2.50. The molecule has 1 N–H and O–H groups in total. The smallest absolute Gasteiger partial charge is 0.459 e. The summed E-state index contributed by atoms with van der Waals surface area (Å²) in [5.74, 6) is -3.01. The minimum Gasteiger partial charge on any atom is -0.468 e. The molecule has 2 aliphatic heterocycles. The van der Waals surface area contributed by atoms with Crippen LogP contribution in [0.1, 0.15) is 46.4 Å². The van der Waals surface area contributed by atoms with Crippen LogP contribution in [0, 0.1) is 23.2 Å². The van der Waals surface area contributed by atoms with Crippen LogP contribution in [0.25, 0.3) is 5.52 Å². The largest absolute Gasteiger partial charge is 0.468 e. The highest BCUT2D eigenvalue weighted by molar-refractivity contribution is 7.52. The molecule has 2 saturated heterocycles. The first-order valence-corrected chi connectivity index (χ1v) is 19.4. The molecular weight excluding hydrogens is 735 g/mol. The Hall–Kier alpha value is -4.92. The number of nitrogens with one attached hydrogen (secondary N) is 1. The second-order valence-electron chi connectivity index (χ2n) is 13.9. The number of likely N-dealkylation sites (N-methyl/N-ethyl adjacent to an activating group) is 1. The number of nitrogens with zero attached hydrogens (tertiary/aromatic N) is 7. The molecule has 0 aliphatic carbocycles. The van der Waals surface area contributed by atoms with Crippen LogP contribution in [-0.2, 0) is 42.4 Å². The number of aromatic nitrogens is 3. The molecule has 1 unspecified atom stereocenters. The van der Waals surface area contributed by atoms with E-state index in [2.05, 4.69) is 43.1 Å². The molecule has 6 atom stereocenters. The maximum absolute atomic E-state index is 14.4. The van der Waals surface area contributed by atoms with Crippen molar-refractivity contribution < 1.29 is 46.9 Å². The number of methoxy groups -OCH3 is 1. The van der Waals surface area contributed by atoms with Crippen LogP contribution in [0.3, 0.4) is 0 Å². The number of aliphatic imine (C=N–C) groups is 1. The van der Waals surface area contributed by atoms with Gasteiger partial charge in [0.15, 0.2) is 18.0 Å². The molecule has 0 bridgehead atoms. The van der Waals surface area contributed by atoms with Crippen molar-refractivity contribution in [3.63, 3.8) is 0 Å². The van der Waals surface area contributed by atoms with Crippen molar-refractivity contribution in [3.8, 4) is 11.8 Å². The van der Waals surface area contributed by atoms with E-state index in [0.29, 0.717) is 17.0 Å². The van der Waals surface area contributed by atoms with Gasteiger partial charge < -0.3 is 33.3 Å². The van der Waals surface area contributed by atoms with Crippen LogP contribution in [0.2, 0.25) is 0 Å². The SMILES string of the molecule is COC(=O)C(C)N[P@](=O)(OC[C@@]1(C#N)O[C@@H](c2ccc3c(/N=C/N4CCN(C)CC4)ncnn23)[C@H](OC(=O)C(C)C)[C@@H]1OC(=O)C(C)C)Oc1ccccc1. The Kier molecular flexibility index (Phi) is 13.3.